The highest BCUT2D eigenvalue weighted by molar-refractivity contribution is 6.31. The number of amides is 2. The van der Waals surface area contributed by atoms with Crippen molar-refractivity contribution in [3.05, 3.63) is 98.9 Å². The lowest BCUT2D eigenvalue weighted by molar-refractivity contribution is 0.100. The molecule has 0 aliphatic rings. The van der Waals surface area contributed by atoms with Crippen molar-refractivity contribution >= 4 is 29.1 Å². The van der Waals surface area contributed by atoms with Gasteiger partial charge in [0.05, 0.1) is 17.8 Å². The Morgan fingerprint density at radius 3 is 2.37 bits per heavy atom. The van der Waals surface area contributed by atoms with Gasteiger partial charge in [-0.1, -0.05) is 41.9 Å². The molecule has 3 aromatic rings. The molecule has 7 heteroatoms. The predicted molar refractivity (Wildman–Crippen MR) is 104 cm³/mol. The summed E-state index contributed by atoms with van der Waals surface area (Å²) >= 11 is 6.14. The molecule has 0 atom stereocenters. The molecule has 0 fully saturated rings. The Morgan fingerprint density at radius 1 is 0.963 bits per heavy atom. The minimum Gasteiger partial charge on any atom is -0.366 e. The van der Waals surface area contributed by atoms with Gasteiger partial charge in [-0.3, -0.25) is 14.4 Å². The molecule has 3 N–H and O–H groups in total. The number of nitrogens with two attached hydrogens (primary N) is 1. The van der Waals surface area contributed by atoms with E-state index in [0.717, 1.165) is 5.56 Å². The van der Waals surface area contributed by atoms with E-state index in [1.807, 2.05) is 12.1 Å². The number of aromatic nitrogens is 1. The summed E-state index contributed by atoms with van der Waals surface area (Å²) in [5, 5.41) is 3.11. The van der Waals surface area contributed by atoms with E-state index in [1.165, 1.54) is 16.7 Å². The maximum absolute atomic E-state index is 12.7. The molecule has 27 heavy (non-hydrogen) atoms. The number of nitrogens with zero attached hydrogens (tertiary/aromatic N) is 1. The van der Waals surface area contributed by atoms with E-state index in [-0.39, 0.29) is 23.4 Å². The third-order valence-electron chi connectivity index (χ3n) is 4.00. The van der Waals surface area contributed by atoms with Crippen molar-refractivity contribution in [2.24, 2.45) is 5.73 Å². The van der Waals surface area contributed by atoms with Crippen LogP contribution in [-0.2, 0) is 6.54 Å². The number of hydrogen-bond acceptors (Lipinski definition) is 3. The van der Waals surface area contributed by atoms with Gasteiger partial charge in [0.25, 0.3) is 17.4 Å². The fourth-order valence-electron chi connectivity index (χ4n) is 2.64. The van der Waals surface area contributed by atoms with E-state index in [2.05, 4.69) is 5.32 Å². The van der Waals surface area contributed by atoms with Crippen molar-refractivity contribution in [3.63, 3.8) is 0 Å². The van der Waals surface area contributed by atoms with Crippen molar-refractivity contribution < 1.29 is 9.59 Å². The summed E-state index contributed by atoms with van der Waals surface area (Å²) in [7, 11) is 0. The number of halogens is 1. The van der Waals surface area contributed by atoms with Crippen LogP contribution in [0.15, 0.2) is 71.7 Å². The van der Waals surface area contributed by atoms with Crippen molar-refractivity contribution in [1.29, 1.82) is 0 Å². The second-order valence-corrected chi connectivity index (χ2v) is 6.22. The molecule has 3 rings (SSSR count). The first kappa shape index (κ1) is 18.4. The summed E-state index contributed by atoms with van der Waals surface area (Å²) < 4.78 is 1.40. The van der Waals surface area contributed by atoms with Gasteiger partial charge >= 0.3 is 0 Å². The van der Waals surface area contributed by atoms with E-state index < -0.39 is 17.4 Å². The zero-order valence-electron chi connectivity index (χ0n) is 14.2. The van der Waals surface area contributed by atoms with Crippen LogP contribution in [0.5, 0.6) is 0 Å². The van der Waals surface area contributed by atoms with Crippen LogP contribution in [0.3, 0.4) is 0 Å². The molecule has 2 amide bonds. The highest BCUT2D eigenvalue weighted by atomic mass is 35.5. The lowest BCUT2D eigenvalue weighted by Crippen LogP contribution is -2.29. The Kier molecular flexibility index (Phi) is 5.38. The van der Waals surface area contributed by atoms with Gasteiger partial charge < -0.3 is 15.6 Å². The number of carbonyl (C=O) groups excluding carboxylic acids is 2. The van der Waals surface area contributed by atoms with Gasteiger partial charge in [-0.15, -0.1) is 0 Å². The molecule has 0 saturated heterocycles. The number of primary amides is 1. The Hall–Kier alpha value is -3.38. The topological polar surface area (TPSA) is 94.2 Å². The summed E-state index contributed by atoms with van der Waals surface area (Å²) in [6, 6.07) is 16.5. The second-order valence-electron chi connectivity index (χ2n) is 5.81. The number of para-hydroxylation sites is 1. The van der Waals surface area contributed by atoms with Gasteiger partial charge in [0.1, 0.15) is 5.56 Å². The summed E-state index contributed by atoms with van der Waals surface area (Å²) in [6.45, 7) is 0.234. The maximum atomic E-state index is 12.7. The maximum Gasteiger partial charge on any atom is 0.263 e. The summed E-state index contributed by atoms with van der Waals surface area (Å²) in [5.41, 5.74) is 5.97. The number of carbonyl (C=O) groups is 2. The minimum absolute atomic E-state index is 0.0520. The number of rotatable bonds is 5. The zero-order chi connectivity index (χ0) is 19.4. The third-order valence-corrected chi connectivity index (χ3v) is 4.37. The highest BCUT2D eigenvalue weighted by Crippen LogP contribution is 2.17. The number of anilines is 1. The first-order valence-electron chi connectivity index (χ1n) is 8.10. The van der Waals surface area contributed by atoms with E-state index in [4.69, 9.17) is 17.3 Å². The molecule has 0 saturated carbocycles. The molecule has 0 aliphatic heterocycles. The molecule has 6 nitrogen and oxygen atoms in total. The second kappa shape index (κ2) is 7.88. The summed E-state index contributed by atoms with van der Waals surface area (Å²) in [6.07, 6.45) is 1.58. The van der Waals surface area contributed by atoms with Crippen LogP contribution in [0.25, 0.3) is 0 Å². The van der Waals surface area contributed by atoms with E-state index in [0.29, 0.717) is 5.02 Å². The first-order valence-corrected chi connectivity index (χ1v) is 8.48. The van der Waals surface area contributed by atoms with E-state index in [9.17, 15) is 14.4 Å². The van der Waals surface area contributed by atoms with Crippen molar-refractivity contribution in [1.82, 2.24) is 4.57 Å². The summed E-state index contributed by atoms with van der Waals surface area (Å²) in [5.74, 6) is -1.29. The zero-order valence-corrected chi connectivity index (χ0v) is 14.9. The molecule has 2 aromatic carbocycles. The fourth-order valence-corrected chi connectivity index (χ4v) is 2.84. The minimum atomic E-state index is -0.671. The van der Waals surface area contributed by atoms with Gasteiger partial charge in [-0.2, -0.15) is 0 Å². The lowest BCUT2D eigenvalue weighted by Gasteiger charge is -2.11. The predicted octanol–water partition coefficient (Wildman–Crippen LogP) is 2.90. The SMILES string of the molecule is NC(=O)c1ccccc1NC(=O)c1cccn(Cc2ccccc2Cl)c1=O. The molecule has 0 radical (unpaired) electrons. The standard InChI is InChI=1S/C20H16ClN3O3/c21-16-9-3-1-6-13(16)12-24-11-5-8-15(20(24)27)19(26)23-17-10-4-2-7-14(17)18(22)25/h1-11H,12H2,(H2,22,25)(H,23,26). The fraction of sp³-hybridized carbons (Fsp3) is 0.0500. The number of hydrogen-bond donors (Lipinski definition) is 2. The number of nitrogens with one attached hydrogen (secondary N) is 1. The largest absolute Gasteiger partial charge is 0.366 e. The van der Waals surface area contributed by atoms with Crippen LogP contribution in [0, 0.1) is 0 Å². The average molecular weight is 382 g/mol. The molecule has 0 unspecified atom stereocenters. The summed E-state index contributed by atoms with van der Waals surface area (Å²) in [4.78, 5) is 36.8. The molecule has 0 spiro atoms. The molecule has 1 aromatic heterocycles. The first-order chi connectivity index (χ1) is 13.0. The quantitative estimate of drug-likeness (QED) is 0.711. The lowest BCUT2D eigenvalue weighted by atomic mass is 10.1. The molecule has 0 aliphatic carbocycles. The van der Waals surface area contributed by atoms with Crippen LogP contribution in [-0.4, -0.2) is 16.4 Å². The Bertz CT molecular complexity index is 1080. The number of benzene rings is 2. The Labute approximate surface area is 160 Å². The monoisotopic (exact) mass is 381 g/mol. The van der Waals surface area contributed by atoms with Gasteiger partial charge in [0.2, 0.25) is 0 Å². The van der Waals surface area contributed by atoms with Gasteiger partial charge in [0.15, 0.2) is 0 Å². The average Bonchev–Trinajstić information content (AvgIpc) is 2.65. The molecule has 1 heterocycles. The van der Waals surface area contributed by atoms with Crippen LogP contribution in [0.4, 0.5) is 5.69 Å². The van der Waals surface area contributed by atoms with Crippen LogP contribution in [0.1, 0.15) is 26.3 Å². The Balaban J connectivity index is 1.90. The van der Waals surface area contributed by atoms with Gasteiger partial charge in [-0.05, 0) is 35.9 Å². The normalized spacial score (nSPS) is 10.4. The third kappa shape index (κ3) is 4.07. The van der Waals surface area contributed by atoms with Crippen LogP contribution in [0.2, 0.25) is 5.02 Å². The van der Waals surface area contributed by atoms with E-state index >= 15 is 0 Å². The van der Waals surface area contributed by atoms with Crippen molar-refractivity contribution in [3.8, 4) is 0 Å². The molecular formula is C20H16ClN3O3. The molecule has 136 valence electrons. The van der Waals surface area contributed by atoms with E-state index in [1.54, 1.807) is 42.6 Å². The molecular weight excluding hydrogens is 366 g/mol. The van der Waals surface area contributed by atoms with Gasteiger partial charge in [-0.25, -0.2) is 0 Å². The van der Waals surface area contributed by atoms with Crippen LogP contribution >= 0.6 is 11.6 Å². The van der Waals surface area contributed by atoms with Crippen molar-refractivity contribution in [2.45, 2.75) is 6.54 Å². The van der Waals surface area contributed by atoms with Crippen LogP contribution < -0.4 is 16.6 Å². The van der Waals surface area contributed by atoms with Gasteiger partial charge in [0, 0.05) is 11.2 Å². The van der Waals surface area contributed by atoms with Crippen molar-refractivity contribution in [2.75, 3.05) is 5.32 Å². The highest BCUT2D eigenvalue weighted by Gasteiger charge is 2.16. The molecule has 0 bridgehead atoms. The Morgan fingerprint density at radius 2 is 1.63 bits per heavy atom. The smallest absolute Gasteiger partial charge is 0.263 e. The number of pyridine rings is 1.